The molecule has 1 aliphatic rings. The fraction of sp³-hybridized carbons (Fsp3) is 0.333. The topological polar surface area (TPSA) is 105 Å². The smallest absolute Gasteiger partial charge is 0.279 e. The van der Waals surface area contributed by atoms with Gasteiger partial charge in [-0.1, -0.05) is 56.3 Å². The quantitative estimate of drug-likeness (QED) is 0.496. The molecule has 8 heteroatoms. The van der Waals surface area contributed by atoms with Crippen LogP contribution in [0.15, 0.2) is 54.6 Å². The molecule has 0 aromatic heterocycles. The van der Waals surface area contributed by atoms with Gasteiger partial charge in [0.05, 0.1) is 4.92 Å². The fourth-order valence-corrected chi connectivity index (χ4v) is 5.05. The van der Waals surface area contributed by atoms with Crippen LogP contribution in [0.5, 0.6) is 0 Å². The van der Waals surface area contributed by atoms with Crippen molar-refractivity contribution in [2.24, 2.45) is 5.41 Å². The van der Waals surface area contributed by atoms with E-state index >= 15 is 0 Å². The van der Waals surface area contributed by atoms with Crippen LogP contribution in [-0.4, -0.2) is 16.6 Å². The van der Waals surface area contributed by atoms with Crippen LogP contribution in [0.1, 0.15) is 36.9 Å². The summed E-state index contributed by atoms with van der Waals surface area (Å²) in [7, 11) is -4.04. The maximum absolute atomic E-state index is 13.3. The highest BCUT2D eigenvalue weighted by molar-refractivity contribution is 7.59. The van der Waals surface area contributed by atoms with Gasteiger partial charge in [-0.2, -0.15) is 4.52 Å². The summed E-state index contributed by atoms with van der Waals surface area (Å²) in [5.41, 5.74) is -0.107. The minimum absolute atomic E-state index is 0.0849. The van der Waals surface area contributed by atoms with Crippen LogP contribution in [0.25, 0.3) is 0 Å². The molecule has 0 bridgehead atoms. The van der Waals surface area contributed by atoms with E-state index in [0.29, 0.717) is 0 Å². The van der Waals surface area contributed by atoms with E-state index in [0.717, 1.165) is 5.56 Å². The molecule has 0 saturated carbocycles. The molecule has 1 saturated heterocycles. The molecule has 1 fully saturated rings. The van der Waals surface area contributed by atoms with E-state index in [2.05, 4.69) is 0 Å². The minimum atomic E-state index is -4.04. The SMILES string of the molecule is CC1(C)CO[P+]([O-])(C(O)c2ccccc2[N+](=O)[O-])O[C@H]1c1ccccc1. The lowest BCUT2D eigenvalue weighted by atomic mass is 9.83. The van der Waals surface area contributed by atoms with E-state index in [1.807, 2.05) is 44.2 Å². The standard InChI is InChI=1S/C18H20NO6P/c1-18(2)12-24-26(23,25-16(18)13-8-4-3-5-9-13)17(20)14-10-6-7-11-15(14)19(21)22/h3-11,16-17,20H,12H2,1-2H3/t16-,17?,26?/m0/s1. The molecule has 0 aliphatic carbocycles. The highest BCUT2D eigenvalue weighted by atomic mass is 31.2. The summed E-state index contributed by atoms with van der Waals surface area (Å²) in [6.45, 7) is 3.90. The zero-order chi connectivity index (χ0) is 18.9. The van der Waals surface area contributed by atoms with Gasteiger partial charge in [-0.15, -0.1) is 0 Å². The third-order valence-electron chi connectivity index (χ3n) is 4.39. The van der Waals surface area contributed by atoms with E-state index in [4.69, 9.17) is 9.05 Å². The summed E-state index contributed by atoms with van der Waals surface area (Å²) in [4.78, 5) is 23.9. The molecule has 3 rings (SSSR count). The van der Waals surface area contributed by atoms with E-state index in [-0.39, 0.29) is 17.9 Å². The monoisotopic (exact) mass is 377 g/mol. The summed E-state index contributed by atoms with van der Waals surface area (Å²) in [6, 6.07) is 14.8. The van der Waals surface area contributed by atoms with Gasteiger partial charge in [-0.05, 0) is 11.6 Å². The Kier molecular flexibility index (Phi) is 5.10. The zero-order valence-electron chi connectivity index (χ0n) is 14.4. The van der Waals surface area contributed by atoms with Gasteiger partial charge in [0, 0.05) is 11.5 Å². The van der Waals surface area contributed by atoms with E-state index in [9.17, 15) is 20.1 Å². The summed E-state index contributed by atoms with van der Waals surface area (Å²) >= 11 is 0. The molecule has 0 amide bonds. The predicted octanol–water partition coefficient (Wildman–Crippen LogP) is 3.52. The van der Waals surface area contributed by atoms with Gasteiger partial charge in [0.2, 0.25) is 5.85 Å². The lowest BCUT2D eigenvalue weighted by Crippen LogP contribution is -2.39. The van der Waals surface area contributed by atoms with Gasteiger partial charge in [-0.3, -0.25) is 10.1 Å². The van der Waals surface area contributed by atoms with E-state index < -0.39 is 30.2 Å². The van der Waals surface area contributed by atoms with Crippen LogP contribution < -0.4 is 4.89 Å². The van der Waals surface area contributed by atoms with Crippen molar-refractivity contribution >= 4 is 13.6 Å². The van der Waals surface area contributed by atoms with Crippen LogP contribution in [0.4, 0.5) is 5.69 Å². The Balaban J connectivity index is 1.96. The lowest BCUT2D eigenvalue weighted by molar-refractivity contribution is -0.386. The second-order valence-electron chi connectivity index (χ2n) is 6.89. The molecule has 2 aromatic carbocycles. The molecule has 0 radical (unpaired) electrons. The van der Waals surface area contributed by atoms with Gasteiger partial charge in [-0.25, -0.2) is 4.52 Å². The summed E-state index contributed by atoms with van der Waals surface area (Å²) < 4.78 is 11.2. The Morgan fingerprint density at radius 1 is 1.19 bits per heavy atom. The number of aliphatic hydroxyl groups excluding tert-OH is 1. The molecule has 1 heterocycles. The van der Waals surface area contributed by atoms with Crippen molar-refractivity contribution in [1.82, 2.24) is 0 Å². The molecular formula is C18H20NO6P. The second-order valence-corrected chi connectivity index (χ2v) is 8.93. The number of para-hydroxylation sites is 1. The third kappa shape index (κ3) is 3.49. The van der Waals surface area contributed by atoms with Gasteiger partial charge < -0.3 is 10.00 Å². The predicted molar refractivity (Wildman–Crippen MR) is 95.0 cm³/mol. The first-order valence-electron chi connectivity index (χ1n) is 8.13. The van der Waals surface area contributed by atoms with Crippen molar-refractivity contribution in [2.45, 2.75) is 25.8 Å². The Labute approximate surface area is 151 Å². The highest BCUT2D eigenvalue weighted by Gasteiger charge is 2.54. The Morgan fingerprint density at radius 3 is 2.46 bits per heavy atom. The maximum Gasteiger partial charge on any atom is 0.279 e. The number of nitro benzene ring substituents is 1. The number of benzene rings is 2. The summed E-state index contributed by atoms with van der Waals surface area (Å²) in [5, 5.41) is 21.9. The van der Waals surface area contributed by atoms with Crippen molar-refractivity contribution in [2.75, 3.05) is 6.61 Å². The molecule has 7 nitrogen and oxygen atoms in total. The number of nitrogens with zero attached hydrogens (tertiary/aromatic N) is 1. The van der Waals surface area contributed by atoms with E-state index in [1.54, 1.807) is 0 Å². The Morgan fingerprint density at radius 2 is 1.81 bits per heavy atom. The van der Waals surface area contributed by atoms with Crippen LogP contribution >= 0.6 is 7.94 Å². The number of aliphatic hydroxyl groups is 1. The summed E-state index contributed by atoms with van der Waals surface area (Å²) in [6.07, 6.45) is -0.583. The molecule has 138 valence electrons. The van der Waals surface area contributed by atoms with Crippen molar-refractivity contribution in [3.63, 3.8) is 0 Å². The molecule has 0 spiro atoms. The van der Waals surface area contributed by atoms with Gasteiger partial charge in [0.15, 0.2) is 0 Å². The van der Waals surface area contributed by atoms with Crippen LogP contribution in [0.2, 0.25) is 0 Å². The van der Waals surface area contributed by atoms with Crippen LogP contribution in [-0.2, 0) is 9.05 Å². The average Bonchev–Trinajstić information content (AvgIpc) is 2.64. The molecule has 2 aromatic rings. The fourth-order valence-electron chi connectivity index (χ4n) is 2.96. The maximum atomic E-state index is 13.3. The van der Waals surface area contributed by atoms with Crippen molar-refractivity contribution < 1.29 is 24.0 Å². The average molecular weight is 377 g/mol. The van der Waals surface area contributed by atoms with E-state index in [1.165, 1.54) is 24.3 Å². The van der Waals surface area contributed by atoms with Crippen LogP contribution in [0.3, 0.4) is 0 Å². The third-order valence-corrected chi connectivity index (χ3v) is 6.26. The first-order valence-corrected chi connectivity index (χ1v) is 9.75. The number of hydrogen-bond donors (Lipinski definition) is 1. The Hall–Kier alpha value is -1.89. The van der Waals surface area contributed by atoms with Crippen molar-refractivity contribution in [3.8, 4) is 0 Å². The number of hydrogen-bond acceptors (Lipinski definition) is 6. The summed E-state index contributed by atoms with van der Waals surface area (Å²) in [5.74, 6) is -1.74. The molecule has 26 heavy (non-hydrogen) atoms. The van der Waals surface area contributed by atoms with Gasteiger partial charge in [0.25, 0.3) is 13.6 Å². The molecule has 1 aliphatic heterocycles. The molecule has 2 unspecified atom stereocenters. The van der Waals surface area contributed by atoms with Crippen molar-refractivity contribution in [1.29, 1.82) is 0 Å². The largest absolute Gasteiger partial charge is 0.629 e. The first-order chi connectivity index (χ1) is 12.2. The molecule has 1 N–H and O–H groups in total. The van der Waals surface area contributed by atoms with Gasteiger partial charge >= 0.3 is 0 Å². The number of nitro groups is 1. The lowest BCUT2D eigenvalue weighted by Gasteiger charge is -2.45. The normalized spacial score (nSPS) is 26.2. The highest BCUT2D eigenvalue weighted by Crippen LogP contribution is 2.71. The zero-order valence-corrected chi connectivity index (χ0v) is 15.3. The van der Waals surface area contributed by atoms with Crippen LogP contribution in [0, 0.1) is 15.5 Å². The molecular weight excluding hydrogens is 357 g/mol. The van der Waals surface area contributed by atoms with Crippen molar-refractivity contribution in [3.05, 3.63) is 75.8 Å². The number of rotatable bonds is 4. The minimum Gasteiger partial charge on any atom is -0.629 e. The van der Waals surface area contributed by atoms with Gasteiger partial charge in [0.1, 0.15) is 18.3 Å². The second kappa shape index (κ2) is 7.02. The molecule has 3 atom stereocenters. The Bertz CT molecular complexity index is 799. The first kappa shape index (κ1) is 18.9.